The van der Waals surface area contributed by atoms with Gasteiger partial charge in [-0.05, 0) is 42.7 Å². The van der Waals surface area contributed by atoms with Crippen LogP contribution in [0.1, 0.15) is 24.8 Å². The number of para-hydroxylation sites is 1. The molecule has 0 N–H and O–H groups in total. The molecule has 0 unspecified atom stereocenters. The highest BCUT2D eigenvalue weighted by Gasteiger charge is 2.26. The van der Waals surface area contributed by atoms with E-state index in [1.54, 1.807) is 40.5 Å². The van der Waals surface area contributed by atoms with E-state index < -0.39 is 10.0 Å². The van der Waals surface area contributed by atoms with Gasteiger partial charge < -0.3 is 0 Å². The Morgan fingerprint density at radius 1 is 1.07 bits per heavy atom. The Morgan fingerprint density at radius 3 is 2.45 bits per heavy atom. The van der Waals surface area contributed by atoms with Gasteiger partial charge in [0.1, 0.15) is 0 Å². The van der Waals surface area contributed by atoms with Crippen LogP contribution in [0.3, 0.4) is 0 Å². The number of fused-ring (bicyclic) bond motifs is 1. The van der Waals surface area contributed by atoms with Gasteiger partial charge in [-0.1, -0.05) is 42.0 Å². The molecule has 1 fully saturated rings. The first-order chi connectivity index (χ1) is 13.9. The molecule has 0 radical (unpaired) electrons. The first-order valence-electron chi connectivity index (χ1n) is 9.66. The summed E-state index contributed by atoms with van der Waals surface area (Å²) in [5, 5.41) is 0.653. The Hall–Kier alpha value is -2.29. The number of nitrogens with zero attached hydrogens (tertiary/aromatic N) is 3. The number of sulfonamides is 1. The number of hydrogen-bond acceptors (Lipinski definition) is 5. The van der Waals surface area contributed by atoms with E-state index in [0.29, 0.717) is 18.2 Å². The van der Waals surface area contributed by atoms with Crippen LogP contribution in [-0.2, 0) is 21.2 Å². The van der Waals surface area contributed by atoms with Gasteiger partial charge >= 0.3 is 0 Å². The van der Waals surface area contributed by atoms with Gasteiger partial charge in [0.25, 0.3) is 0 Å². The van der Waals surface area contributed by atoms with Crippen LogP contribution in [0.5, 0.6) is 0 Å². The van der Waals surface area contributed by atoms with Gasteiger partial charge in [-0.3, -0.25) is 9.69 Å². The maximum absolute atomic E-state index is 12.7. The maximum Gasteiger partial charge on any atom is 0.243 e. The summed E-state index contributed by atoms with van der Waals surface area (Å²) in [5.74, 6) is -0.0873. The molecule has 0 spiro atoms. The Bertz CT molecular complexity index is 1080. The normalized spacial score (nSPS) is 15.5. The molecule has 1 aromatic heterocycles. The second-order valence-electron chi connectivity index (χ2n) is 7.20. The largest absolute Gasteiger partial charge is 0.291 e. The van der Waals surface area contributed by atoms with Crippen LogP contribution < -0.4 is 4.90 Å². The van der Waals surface area contributed by atoms with Crippen LogP contribution >= 0.6 is 11.3 Å². The standard InChI is InChI=1S/C21H23N3O3S2/c1-23(21-22-18-7-3-4-8-19(18)28-21)20(25)15-16-9-11-17(12-10-16)29(26,27)24-13-5-2-6-14-24/h3-4,7-12H,2,5-6,13-15H2,1H3. The van der Waals surface area contributed by atoms with Crippen LogP contribution in [0.2, 0.25) is 0 Å². The van der Waals surface area contributed by atoms with Crippen LogP contribution in [0, 0.1) is 0 Å². The molecular formula is C21H23N3O3S2. The SMILES string of the molecule is CN(C(=O)Cc1ccc(S(=O)(=O)N2CCCCC2)cc1)c1nc2ccccc2s1. The number of carbonyl (C=O) groups is 1. The van der Waals surface area contributed by atoms with Crippen molar-refractivity contribution < 1.29 is 13.2 Å². The molecule has 4 rings (SSSR count). The Labute approximate surface area is 174 Å². The van der Waals surface area contributed by atoms with E-state index in [0.717, 1.165) is 35.0 Å². The van der Waals surface area contributed by atoms with Crippen molar-refractivity contribution in [3.05, 3.63) is 54.1 Å². The predicted octanol–water partition coefficient (Wildman–Crippen LogP) is 3.68. The van der Waals surface area contributed by atoms with E-state index >= 15 is 0 Å². The third kappa shape index (κ3) is 4.19. The summed E-state index contributed by atoms with van der Waals surface area (Å²) in [6.07, 6.45) is 3.08. The van der Waals surface area contributed by atoms with Crippen molar-refractivity contribution in [3.8, 4) is 0 Å². The summed E-state index contributed by atoms with van der Waals surface area (Å²) in [4.78, 5) is 19.0. The highest BCUT2D eigenvalue weighted by Crippen LogP contribution is 2.28. The second kappa shape index (κ2) is 8.22. The molecule has 1 aliphatic heterocycles. The lowest BCUT2D eigenvalue weighted by atomic mass is 10.1. The monoisotopic (exact) mass is 429 g/mol. The molecule has 6 nitrogen and oxygen atoms in total. The second-order valence-corrected chi connectivity index (χ2v) is 10.1. The number of carbonyl (C=O) groups excluding carboxylic acids is 1. The lowest BCUT2D eigenvalue weighted by Crippen LogP contribution is -2.35. The van der Waals surface area contributed by atoms with E-state index in [2.05, 4.69) is 4.98 Å². The van der Waals surface area contributed by atoms with Crippen molar-refractivity contribution in [3.63, 3.8) is 0 Å². The average Bonchev–Trinajstić information content (AvgIpc) is 3.18. The van der Waals surface area contributed by atoms with Crippen LogP contribution in [0.4, 0.5) is 5.13 Å². The Balaban J connectivity index is 1.45. The van der Waals surface area contributed by atoms with E-state index in [1.165, 1.54) is 11.3 Å². The van der Waals surface area contributed by atoms with Crippen molar-refractivity contribution in [2.24, 2.45) is 0 Å². The Kier molecular flexibility index (Phi) is 5.67. The fourth-order valence-corrected chi connectivity index (χ4v) is 5.90. The number of piperidine rings is 1. The molecular weight excluding hydrogens is 406 g/mol. The molecule has 2 aromatic carbocycles. The lowest BCUT2D eigenvalue weighted by Gasteiger charge is -2.25. The summed E-state index contributed by atoms with van der Waals surface area (Å²) in [5.41, 5.74) is 1.65. The van der Waals surface area contributed by atoms with E-state index in [9.17, 15) is 13.2 Å². The number of rotatable bonds is 5. The molecule has 1 amide bonds. The maximum atomic E-state index is 12.7. The number of anilines is 1. The first kappa shape index (κ1) is 20.0. The molecule has 2 heterocycles. The number of likely N-dealkylation sites (N-methyl/N-ethyl adjacent to an activating group) is 1. The molecule has 0 aliphatic carbocycles. The molecule has 1 saturated heterocycles. The summed E-state index contributed by atoms with van der Waals surface area (Å²) < 4.78 is 28.1. The van der Waals surface area contributed by atoms with E-state index in [4.69, 9.17) is 0 Å². The topological polar surface area (TPSA) is 70.6 Å². The number of aromatic nitrogens is 1. The zero-order valence-electron chi connectivity index (χ0n) is 16.2. The highest BCUT2D eigenvalue weighted by molar-refractivity contribution is 7.89. The van der Waals surface area contributed by atoms with Gasteiger partial charge in [-0.15, -0.1) is 0 Å². The van der Waals surface area contributed by atoms with Gasteiger partial charge in [0.05, 0.1) is 21.5 Å². The molecule has 8 heteroatoms. The van der Waals surface area contributed by atoms with Crippen LogP contribution in [0.25, 0.3) is 10.2 Å². The summed E-state index contributed by atoms with van der Waals surface area (Å²) in [6.45, 7) is 1.16. The zero-order chi connectivity index (χ0) is 20.4. The third-order valence-corrected chi connectivity index (χ3v) is 8.20. The minimum atomic E-state index is -3.45. The fourth-order valence-electron chi connectivity index (χ4n) is 3.44. The van der Waals surface area contributed by atoms with Crippen molar-refractivity contribution in [2.45, 2.75) is 30.6 Å². The molecule has 0 atom stereocenters. The highest BCUT2D eigenvalue weighted by atomic mass is 32.2. The van der Waals surface area contributed by atoms with Gasteiger partial charge in [0, 0.05) is 20.1 Å². The number of amides is 1. The zero-order valence-corrected chi connectivity index (χ0v) is 17.9. The van der Waals surface area contributed by atoms with Crippen molar-refractivity contribution >= 4 is 42.6 Å². The molecule has 152 valence electrons. The van der Waals surface area contributed by atoms with Gasteiger partial charge in [0.15, 0.2) is 5.13 Å². The van der Waals surface area contributed by atoms with E-state index in [1.807, 2.05) is 24.3 Å². The molecule has 29 heavy (non-hydrogen) atoms. The average molecular weight is 430 g/mol. The van der Waals surface area contributed by atoms with Crippen LogP contribution in [0.15, 0.2) is 53.4 Å². The van der Waals surface area contributed by atoms with Crippen molar-refractivity contribution in [1.29, 1.82) is 0 Å². The molecule has 3 aromatic rings. The minimum absolute atomic E-state index is 0.0873. The number of hydrogen-bond donors (Lipinski definition) is 0. The van der Waals surface area contributed by atoms with Gasteiger partial charge in [0.2, 0.25) is 15.9 Å². The summed E-state index contributed by atoms with van der Waals surface area (Å²) >= 11 is 1.48. The Morgan fingerprint density at radius 2 is 1.76 bits per heavy atom. The summed E-state index contributed by atoms with van der Waals surface area (Å²) in [7, 11) is -1.73. The first-order valence-corrected chi connectivity index (χ1v) is 11.9. The third-order valence-electron chi connectivity index (χ3n) is 5.18. The van der Waals surface area contributed by atoms with Crippen LogP contribution in [-0.4, -0.2) is 43.8 Å². The smallest absolute Gasteiger partial charge is 0.243 e. The van der Waals surface area contributed by atoms with Gasteiger partial charge in [-0.2, -0.15) is 4.31 Å². The molecule has 1 aliphatic rings. The van der Waals surface area contributed by atoms with Crippen molar-refractivity contribution in [1.82, 2.24) is 9.29 Å². The molecule has 0 saturated carbocycles. The lowest BCUT2D eigenvalue weighted by molar-refractivity contribution is -0.117. The molecule has 0 bridgehead atoms. The quantitative estimate of drug-likeness (QED) is 0.620. The minimum Gasteiger partial charge on any atom is -0.291 e. The summed E-state index contributed by atoms with van der Waals surface area (Å²) in [6, 6.07) is 14.4. The predicted molar refractivity (Wildman–Crippen MR) is 116 cm³/mol. The van der Waals surface area contributed by atoms with Gasteiger partial charge in [-0.25, -0.2) is 13.4 Å². The van der Waals surface area contributed by atoms with Crippen molar-refractivity contribution in [2.75, 3.05) is 25.0 Å². The number of thiazole rings is 1. The fraction of sp³-hybridized carbons (Fsp3) is 0.333. The van der Waals surface area contributed by atoms with E-state index in [-0.39, 0.29) is 17.2 Å². The number of benzene rings is 2.